The molecule has 7 heteroatoms. The van der Waals surface area contributed by atoms with Gasteiger partial charge in [-0.2, -0.15) is 0 Å². The highest BCUT2D eigenvalue weighted by atomic mass is 16.4. The van der Waals surface area contributed by atoms with Crippen LogP contribution in [0.15, 0.2) is 153 Å². The zero-order valence-corrected chi connectivity index (χ0v) is 27.8. The molecule has 9 rings (SSSR count). The summed E-state index contributed by atoms with van der Waals surface area (Å²) >= 11 is 0. The molecule has 0 N–H and O–H groups in total. The van der Waals surface area contributed by atoms with Gasteiger partial charge in [-0.1, -0.05) is 51.1 Å². The number of fused-ring (bicyclic) bond motifs is 3. The molecule has 0 fully saturated rings. The van der Waals surface area contributed by atoms with Crippen molar-refractivity contribution in [1.29, 1.82) is 0 Å². The van der Waals surface area contributed by atoms with Crippen molar-refractivity contribution in [2.24, 2.45) is 0 Å². The topological polar surface area (TPSA) is 81.3 Å². The molecule has 3 heterocycles. The van der Waals surface area contributed by atoms with E-state index in [4.69, 9.17) is 18.2 Å². The minimum Gasteiger partial charge on any atom is -0.436 e. The Morgan fingerprint density at radius 1 is 0.420 bits per heavy atom. The molecule has 0 spiro atoms. The molecule has 7 nitrogen and oxygen atoms in total. The maximum Gasteiger partial charge on any atom is 0.227 e. The summed E-state index contributed by atoms with van der Waals surface area (Å²) in [4.78, 5) is 16.4. The van der Waals surface area contributed by atoms with Crippen LogP contribution in [-0.4, -0.2) is 15.0 Å². The fraction of sp³-hybridized carbons (Fsp3) is 0.0930. The van der Waals surface area contributed by atoms with Crippen molar-refractivity contribution in [3.63, 3.8) is 0 Å². The highest BCUT2D eigenvalue weighted by Gasteiger charge is 2.19. The van der Waals surface area contributed by atoms with Crippen LogP contribution in [0.2, 0.25) is 0 Å². The van der Waals surface area contributed by atoms with Gasteiger partial charge < -0.3 is 18.2 Å². The van der Waals surface area contributed by atoms with Crippen LogP contribution < -0.4 is 4.90 Å². The van der Waals surface area contributed by atoms with Crippen LogP contribution in [0, 0.1) is 0 Å². The molecule has 0 bridgehead atoms. The molecule has 9 aromatic rings. The Labute approximate surface area is 288 Å². The zero-order chi connectivity index (χ0) is 33.8. The third-order valence-electron chi connectivity index (χ3n) is 8.96. The van der Waals surface area contributed by atoms with E-state index in [9.17, 15) is 0 Å². The normalized spacial score (nSPS) is 11.9. The predicted octanol–water partition coefficient (Wildman–Crippen LogP) is 11.9. The minimum absolute atomic E-state index is 0.0277. The summed E-state index contributed by atoms with van der Waals surface area (Å²) in [5.74, 6) is 1.77. The Hall–Kier alpha value is -6.47. The van der Waals surface area contributed by atoms with E-state index in [2.05, 4.69) is 96.3 Å². The lowest BCUT2D eigenvalue weighted by Crippen LogP contribution is -2.10. The molecule has 242 valence electrons. The van der Waals surface area contributed by atoms with Crippen LogP contribution in [0.4, 0.5) is 17.1 Å². The number of anilines is 3. The van der Waals surface area contributed by atoms with E-state index < -0.39 is 0 Å². The van der Waals surface area contributed by atoms with E-state index in [1.54, 1.807) is 0 Å². The monoisotopic (exact) mass is 652 g/mol. The van der Waals surface area contributed by atoms with Gasteiger partial charge in [-0.15, -0.1) is 0 Å². The summed E-state index contributed by atoms with van der Waals surface area (Å²) in [6.07, 6.45) is 0. The first-order chi connectivity index (χ1) is 24.4. The van der Waals surface area contributed by atoms with Gasteiger partial charge in [0.25, 0.3) is 0 Å². The average molecular weight is 653 g/mol. The summed E-state index contributed by atoms with van der Waals surface area (Å²) in [7, 11) is 0. The molecule has 6 aromatic carbocycles. The highest BCUT2D eigenvalue weighted by molar-refractivity contribution is 5.83. The lowest BCUT2D eigenvalue weighted by molar-refractivity contribution is 0.590. The molecule has 0 radical (unpaired) electrons. The highest BCUT2D eigenvalue weighted by Crippen LogP contribution is 2.38. The molecule has 0 saturated heterocycles. The fourth-order valence-electron chi connectivity index (χ4n) is 6.22. The number of hydrogen-bond acceptors (Lipinski definition) is 7. The molecule has 0 aliphatic heterocycles. The lowest BCUT2D eigenvalue weighted by Gasteiger charge is -2.26. The number of benzene rings is 6. The Bertz CT molecular complexity index is 2440. The Balaban J connectivity index is 1.08. The van der Waals surface area contributed by atoms with Crippen molar-refractivity contribution in [3.8, 4) is 34.4 Å². The van der Waals surface area contributed by atoms with Gasteiger partial charge in [0.2, 0.25) is 17.7 Å². The first kappa shape index (κ1) is 29.7. The van der Waals surface area contributed by atoms with Gasteiger partial charge in [0.1, 0.15) is 16.6 Å². The molecule has 50 heavy (non-hydrogen) atoms. The van der Waals surface area contributed by atoms with Gasteiger partial charge in [0.05, 0.1) is 0 Å². The maximum absolute atomic E-state index is 6.19. The van der Waals surface area contributed by atoms with Crippen LogP contribution in [0.1, 0.15) is 26.3 Å². The van der Waals surface area contributed by atoms with Gasteiger partial charge in [0, 0.05) is 33.8 Å². The van der Waals surface area contributed by atoms with Crippen LogP contribution in [0.5, 0.6) is 0 Å². The van der Waals surface area contributed by atoms with Gasteiger partial charge >= 0.3 is 0 Å². The minimum atomic E-state index is 0.0277. The third-order valence-corrected chi connectivity index (χ3v) is 8.96. The summed E-state index contributed by atoms with van der Waals surface area (Å²) < 4.78 is 18.3. The van der Waals surface area contributed by atoms with Gasteiger partial charge in [0.15, 0.2) is 16.7 Å². The first-order valence-electron chi connectivity index (χ1n) is 16.6. The van der Waals surface area contributed by atoms with Crippen LogP contribution in [0.3, 0.4) is 0 Å². The van der Waals surface area contributed by atoms with E-state index in [0.717, 1.165) is 67.1 Å². The number of hydrogen-bond donors (Lipinski definition) is 0. The second-order valence-electron chi connectivity index (χ2n) is 13.4. The third kappa shape index (κ3) is 5.39. The van der Waals surface area contributed by atoms with Crippen molar-refractivity contribution in [2.75, 3.05) is 4.90 Å². The molecule has 0 saturated carbocycles. The molecule has 0 atom stereocenters. The Morgan fingerprint density at radius 2 is 0.800 bits per heavy atom. The number of para-hydroxylation sites is 4. The fourth-order valence-corrected chi connectivity index (χ4v) is 6.22. The smallest absolute Gasteiger partial charge is 0.227 e. The lowest BCUT2D eigenvalue weighted by atomic mass is 9.87. The second kappa shape index (κ2) is 11.6. The van der Waals surface area contributed by atoms with Crippen molar-refractivity contribution in [3.05, 3.63) is 145 Å². The van der Waals surface area contributed by atoms with Gasteiger partial charge in [-0.25, -0.2) is 15.0 Å². The van der Waals surface area contributed by atoms with E-state index in [1.165, 1.54) is 5.56 Å². The quantitative estimate of drug-likeness (QED) is 0.177. The number of nitrogens with zero attached hydrogens (tertiary/aromatic N) is 4. The van der Waals surface area contributed by atoms with Crippen molar-refractivity contribution in [1.82, 2.24) is 15.0 Å². The average Bonchev–Trinajstić information content (AvgIpc) is 3.89. The summed E-state index contributed by atoms with van der Waals surface area (Å²) in [6, 6.07) is 46.6. The largest absolute Gasteiger partial charge is 0.436 e. The van der Waals surface area contributed by atoms with Crippen molar-refractivity contribution < 1.29 is 13.3 Å². The summed E-state index contributed by atoms with van der Waals surface area (Å²) in [6.45, 7) is 6.60. The van der Waals surface area contributed by atoms with Crippen LogP contribution in [-0.2, 0) is 5.41 Å². The molecule has 0 amide bonds. The van der Waals surface area contributed by atoms with E-state index in [0.29, 0.717) is 17.7 Å². The molecule has 0 unspecified atom stereocenters. The Morgan fingerprint density at radius 3 is 1.20 bits per heavy atom. The van der Waals surface area contributed by atoms with Crippen LogP contribution in [0.25, 0.3) is 67.7 Å². The van der Waals surface area contributed by atoms with Crippen molar-refractivity contribution in [2.45, 2.75) is 26.2 Å². The van der Waals surface area contributed by atoms with E-state index >= 15 is 0 Å². The number of rotatable bonds is 6. The molecular weight excluding hydrogens is 620 g/mol. The predicted molar refractivity (Wildman–Crippen MR) is 199 cm³/mol. The van der Waals surface area contributed by atoms with E-state index in [1.807, 2.05) is 78.9 Å². The summed E-state index contributed by atoms with van der Waals surface area (Å²) in [5.41, 5.74) is 11.7. The first-order valence-corrected chi connectivity index (χ1v) is 16.6. The standard InChI is InChI=1S/C43H32N4O3/c1-43(2,3)30-18-25-39-36(26-30)46-42(50-39)29-16-23-33(24-17-29)47(31-19-12-27(13-20-31)40-44-34-8-4-6-10-37(34)48-40)32-21-14-28(15-22-32)41-45-35-9-5-7-11-38(35)49-41/h4-26H,1-3H3. The summed E-state index contributed by atoms with van der Waals surface area (Å²) in [5, 5.41) is 0. The maximum atomic E-state index is 6.19. The Kier molecular flexibility index (Phi) is 6.88. The molecule has 0 aliphatic carbocycles. The van der Waals surface area contributed by atoms with Gasteiger partial charge in [-0.05, 0) is 120 Å². The SMILES string of the molecule is CC(C)(C)c1ccc2oc(-c3ccc(N(c4ccc(-c5nc6ccccc6o5)cc4)c4ccc(-c5nc6ccccc6o5)cc4)cc3)nc2c1. The number of aromatic nitrogens is 3. The number of oxazole rings is 3. The molecular formula is C43H32N4O3. The second-order valence-corrected chi connectivity index (χ2v) is 13.4. The van der Waals surface area contributed by atoms with Gasteiger partial charge in [-0.3, -0.25) is 0 Å². The molecule has 3 aromatic heterocycles. The zero-order valence-electron chi connectivity index (χ0n) is 27.8. The van der Waals surface area contributed by atoms with Crippen molar-refractivity contribution >= 4 is 50.4 Å². The molecule has 0 aliphatic rings. The van der Waals surface area contributed by atoms with E-state index in [-0.39, 0.29) is 5.41 Å². The van der Waals surface area contributed by atoms with Crippen LogP contribution >= 0.6 is 0 Å².